The maximum atomic E-state index is 12.8. The number of hydrogen-bond donors (Lipinski definition) is 2. The zero-order valence-corrected chi connectivity index (χ0v) is 15.0. The van der Waals surface area contributed by atoms with Crippen LogP contribution in [0.5, 0.6) is 0 Å². The SMILES string of the molecule is CC(C)n1nc(C(=O)NNc2cccc(C(F)(F)F)c2)c2ccccc2c1=O. The molecule has 3 aromatic rings. The van der Waals surface area contributed by atoms with Crippen LogP contribution in [0, 0.1) is 0 Å². The van der Waals surface area contributed by atoms with E-state index in [0.717, 1.165) is 12.1 Å². The first kappa shape index (κ1) is 19.4. The Hall–Kier alpha value is -3.36. The van der Waals surface area contributed by atoms with Gasteiger partial charge in [0.05, 0.1) is 22.7 Å². The number of amides is 1. The molecule has 0 fully saturated rings. The number of halogens is 3. The van der Waals surface area contributed by atoms with Crippen molar-refractivity contribution < 1.29 is 18.0 Å². The molecule has 0 aliphatic heterocycles. The van der Waals surface area contributed by atoms with E-state index in [1.807, 2.05) is 0 Å². The lowest BCUT2D eigenvalue weighted by Crippen LogP contribution is -2.34. The predicted molar refractivity (Wildman–Crippen MR) is 98.9 cm³/mol. The van der Waals surface area contributed by atoms with Crippen LogP contribution in [0.15, 0.2) is 53.3 Å². The molecule has 1 heterocycles. The van der Waals surface area contributed by atoms with Gasteiger partial charge in [-0.25, -0.2) is 4.68 Å². The van der Waals surface area contributed by atoms with Gasteiger partial charge in [0.1, 0.15) is 0 Å². The van der Waals surface area contributed by atoms with Gasteiger partial charge in [-0.1, -0.05) is 24.3 Å². The predicted octanol–water partition coefficient (Wildman–Crippen LogP) is 3.75. The van der Waals surface area contributed by atoms with Gasteiger partial charge >= 0.3 is 6.18 Å². The van der Waals surface area contributed by atoms with Crippen molar-refractivity contribution in [1.82, 2.24) is 15.2 Å². The Morgan fingerprint density at radius 1 is 1.07 bits per heavy atom. The smallest absolute Gasteiger partial charge is 0.298 e. The third-order valence-corrected chi connectivity index (χ3v) is 4.04. The normalized spacial score (nSPS) is 11.6. The van der Waals surface area contributed by atoms with Crippen molar-refractivity contribution in [2.75, 3.05) is 5.43 Å². The fourth-order valence-electron chi connectivity index (χ4n) is 2.69. The second-order valence-corrected chi connectivity index (χ2v) is 6.40. The van der Waals surface area contributed by atoms with Gasteiger partial charge in [0, 0.05) is 5.39 Å². The number of alkyl halides is 3. The van der Waals surface area contributed by atoms with Crippen LogP contribution in [-0.4, -0.2) is 15.7 Å². The van der Waals surface area contributed by atoms with Crippen LogP contribution in [0.4, 0.5) is 18.9 Å². The zero-order valence-electron chi connectivity index (χ0n) is 15.0. The molecule has 1 aromatic heterocycles. The van der Waals surface area contributed by atoms with Crippen LogP contribution in [0.1, 0.15) is 35.9 Å². The topological polar surface area (TPSA) is 76.0 Å². The number of benzene rings is 2. The standard InChI is InChI=1S/C19H17F3N4O2/c1-11(2)26-18(28)15-9-4-3-8-14(15)16(25-26)17(27)24-23-13-7-5-6-12(10-13)19(20,21)22/h3-11,23H,1-2H3,(H,24,27). The number of nitrogens with zero attached hydrogens (tertiary/aromatic N) is 2. The molecule has 0 saturated heterocycles. The minimum Gasteiger partial charge on any atom is -0.298 e. The Labute approximate surface area is 158 Å². The Balaban J connectivity index is 1.92. The largest absolute Gasteiger partial charge is 0.416 e. The first-order chi connectivity index (χ1) is 13.2. The van der Waals surface area contributed by atoms with E-state index < -0.39 is 17.6 Å². The van der Waals surface area contributed by atoms with E-state index >= 15 is 0 Å². The Morgan fingerprint density at radius 3 is 2.39 bits per heavy atom. The molecule has 0 atom stereocenters. The molecule has 2 N–H and O–H groups in total. The first-order valence-corrected chi connectivity index (χ1v) is 8.43. The maximum Gasteiger partial charge on any atom is 0.416 e. The summed E-state index contributed by atoms with van der Waals surface area (Å²) in [6.07, 6.45) is -4.49. The molecule has 2 aromatic carbocycles. The molecule has 3 rings (SSSR count). The molecule has 0 spiro atoms. The molecule has 0 bridgehead atoms. The number of anilines is 1. The van der Waals surface area contributed by atoms with E-state index in [2.05, 4.69) is 16.0 Å². The number of aromatic nitrogens is 2. The van der Waals surface area contributed by atoms with Crippen LogP contribution in [0.3, 0.4) is 0 Å². The Kier molecular flexibility index (Phi) is 5.08. The summed E-state index contributed by atoms with van der Waals surface area (Å²) in [6, 6.07) is 10.7. The molecule has 0 radical (unpaired) electrons. The van der Waals surface area contributed by atoms with Gasteiger partial charge in [0.2, 0.25) is 0 Å². The highest BCUT2D eigenvalue weighted by molar-refractivity contribution is 6.05. The molecule has 6 nitrogen and oxygen atoms in total. The first-order valence-electron chi connectivity index (χ1n) is 8.43. The van der Waals surface area contributed by atoms with Crippen LogP contribution in [0.25, 0.3) is 10.8 Å². The van der Waals surface area contributed by atoms with E-state index in [4.69, 9.17) is 0 Å². The highest BCUT2D eigenvalue weighted by Crippen LogP contribution is 2.30. The van der Waals surface area contributed by atoms with E-state index in [-0.39, 0.29) is 23.0 Å². The fraction of sp³-hybridized carbons (Fsp3) is 0.211. The summed E-state index contributed by atoms with van der Waals surface area (Å²) in [6.45, 7) is 3.51. The average molecular weight is 390 g/mol. The lowest BCUT2D eigenvalue weighted by Gasteiger charge is -2.14. The van der Waals surface area contributed by atoms with Crippen molar-refractivity contribution in [3.8, 4) is 0 Å². The monoisotopic (exact) mass is 390 g/mol. The minimum atomic E-state index is -4.49. The number of carbonyl (C=O) groups excluding carboxylic acids is 1. The van der Waals surface area contributed by atoms with Gasteiger partial charge in [0.15, 0.2) is 5.69 Å². The number of hydrazine groups is 1. The number of fused-ring (bicyclic) bond motifs is 1. The highest BCUT2D eigenvalue weighted by Gasteiger charge is 2.30. The average Bonchev–Trinajstić information content (AvgIpc) is 2.66. The van der Waals surface area contributed by atoms with Crippen molar-refractivity contribution in [2.24, 2.45) is 0 Å². The fourth-order valence-corrected chi connectivity index (χ4v) is 2.69. The molecule has 0 saturated carbocycles. The summed E-state index contributed by atoms with van der Waals surface area (Å²) in [5.41, 5.74) is 3.67. The van der Waals surface area contributed by atoms with Gasteiger partial charge < -0.3 is 0 Å². The zero-order chi connectivity index (χ0) is 20.5. The van der Waals surface area contributed by atoms with Gasteiger partial charge in [-0.2, -0.15) is 18.3 Å². The Morgan fingerprint density at radius 2 is 1.75 bits per heavy atom. The third kappa shape index (κ3) is 3.83. The molecular formula is C19H17F3N4O2. The number of carbonyl (C=O) groups is 1. The molecule has 0 aliphatic rings. The van der Waals surface area contributed by atoms with E-state index in [1.165, 1.54) is 16.8 Å². The molecule has 28 heavy (non-hydrogen) atoms. The van der Waals surface area contributed by atoms with Crippen molar-refractivity contribution in [3.63, 3.8) is 0 Å². The summed E-state index contributed by atoms with van der Waals surface area (Å²) in [5.74, 6) is -0.678. The molecule has 0 unspecified atom stereocenters. The minimum absolute atomic E-state index is 0.0108. The summed E-state index contributed by atoms with van der Waals surface area (Å²) >= 11 is 0. The van der Waals surface area contributed by atoms with E-state index in [9.17, 15) is 22.8 Å². The summed E-state index contributed by atoms with van der Waals surface area (Å²) in [4.78, 5) is 25.1. The van der Waals surface area contributed by atoms with Gasteiger partial charge in [-0.05, 0) is 38.1 Å². The molecular weight excluding hydrogens is 373 g/mol. The second kappa shape index (κ2) is 7.34. The maximum absolute atomic E-state index is 12.8. The van der Waals surface area contributed by atoms with Crippen LogP contribution in [0.2, 0.25) is 0 Å². The van der Waals surface area contributed by atoms with Gasteiger partial charge in [-0.3, -0.25) is 20.4 Å². The van der Waals surface area contributed by atoms with Crippen molar-refractivity contribution in [1.29, 1.82) is 0 Å². The number of nitrogens with one attached hydrogen (secondary N) is 2. The summed E-state index contributed by atoms with van der Waals surface area (Å²) in [7, 11) is 0. The second-order valence-electron chi connectivity index (χ2n) is 6.40. The van der Waals surface area contributed by atoms with Crippen LogP contribution >= 0.6 is 0 Å². The highest BCUT2D eigenvalue weighted by atomic mass is 19.4. The summed E-state index contributed by atoms with van der Waals surface area (Å²) < 4.78 is 39.6. The van der Waals surface area contributed by atoms with Crippen LogP contribution in [-0.2, 0) is 6.18 Å². The Bertz CT molecular complexity index is 1090. The lowest BCUT2D eigenvalue weighted by atomic mass is 10.1. The van der Waals surface area contributed by atoms with E-state index in [0.29, 0.717) is 10.8 Å². The van der Waals surface area contributed by atoms with Gasteiger partial charge in [-0.15, -0.1) is 0 Å². The van der Waals surface area contributed by atoms with Crippen molar-refractivity contribution in [3.05, 3.63) is 70.1 Å². The molecule has 0 aliphatic carbocycles. The van der Waals surface area contributed by atoms with E-state index in [1.54, 1.807) is 38.1 Å². The van der Waals surface area contributed by atoms with Crippen LogP contribution < -0.4 is 16.4 Å². The number of hydrogen-bond acceptors (Lipinski definition) is 4. The summed E-state index contributed by atoms with van der Waals surface area (Å²) in [5, 5.41) is 4.82. The quantitative estimate of drug-likeness (QED) is 0.666. The molecule has 146 valence electrons. The van der Waals surface area contributed by atoms with Gasteiger partial charge in [0.25, 0.3) is 11.5 Å². The third-order valence-electron chi connectivity index (χ3n) is 4.04. The molecule has 9 heteroatoms. The lowest BCUT2D eigenvalue weighted by molar-refractivity contribution is -0.137. The molecule has 1 amide bonds. The van der Waals surface area contributed by atoms with Crippen molar-refractivity contribution >= 4 is 22.4 Å². The number of rotatable bonds is 4. The van der Waals surface area contributed by atoms with Crippen molar-refractivity contribution in [2.45, 2.75) is 26.1 Å².